The summed E-state index contributed by atoms with van der Waals surface area (Å²) in [6.07, 6.45) is 5.49. The molecule has 2 saturated heterocycles. The third kappa shape index (κ3) is 3.87. The van der Waals surface area contributed by atoms with E-state index in [-0.39, 0.29) is 29.3 Å². The van der Waals surface area contributed by atoms with Crippen LogP contribution in [0.5, 0.6) is 0 Å². The van der Waals surface area contributed by atoms with Crippen LogP contribution < -0.4 is 5.32 Å². The minimum absolute atomic E-state index is 0. The number of hydrogen-bond donors (Lipinski definition) is 1. The van der Waals surface area contributed by atoms with Gasteiger partial charge in [-0.25, -0.2) is 8.42 Å². The molecule has 7 heteroatoms. The van der Waals surface area contributed by atoms with Gasteiger partial charge >= 0.3 is 0 Å². The molecule has 0 aliphatic carbocycles. The number of carbonyl (C=O) groups is 1. The molecule has 2 bridgehead atoms. The summed E-state index contributed by atoms with van der Waals surface area (Å²) >= 11 is 0. The minimum Gasteiger partial charge on any atom is -0.339 e. The highest BCUT2D eigenvalue weighted by Gasteiger charge is 2.36. The first-order valence-electron chi connectivity index (χ1n) is 7.68. The van der Waals surface area contributed by atoms with Crippen molar-refractivity contribution in [2.24, 2.45) is 0 Å². The van der Waals surface area contributed by atoms with E-state index >= 15 is 0 Å². The second kappa shape index (κ2) is 6.79. The lowest BCUT2D eigenvalue weighted by atomic mass is 9.98. The van der Waals surface area contributed by atoms with Crippen LogP contribution in [0.2, 0.25) is 0 Å². The quantitative estimate of drug-likeness (QED) is 0.895. The van der Waals surface area contributed by atoms with Gasteiger partial charge in [-0.15, -0.1) is 12.4 Å². The number of carbonyl (C=O) groups excluding carboxylic acids is 1. The van der Waals surface area contributed by atoms with Crippen LogP contribution in [0.25, 0.3) is 0 Å². The first-order chi connectivity index (χ1) is 10.3. The lowest BCUT2D eigenvalue weighted by Gasteiger charge is -2.35. The van der Waals surface area contributed by atoms with Gasteiger partial charge in [0.1, 0.15) is 0 Å². The molecular weight excluding hydrogens is 336 g/mol. The molecule has 1 aromatic carbocycles. The van der Waals surface area contributed by atoms with Gasteiger partial charge in [-0.1, -0.05) is 6.07 Å². The van der Waals surface area contributed by atoms with E-state index in [1.807, 2.05) is 7.05 Å². The standard InChI is InChI=1S/C16H22N2O3S.ClH/c1-18(14-9-12-6-7-13(10-14)17-12)16(19)11-4-3-5-15(8-11)22(2,20)21;/h3-5,8,12-14,17H,6-7,9-10H2,1-2H3;1H. The third-order valence-electron chi connectivity index (χ3n) is 4.83. The Kier molecular flexibility index (Phi) is 5.38. The number of nitrogens with one attached hydrogen (secondary N) is 1. The monoisotopic (exact) mass is 358 g/mol. The number of fused-ring (bicyclic) bond motifs is 2. The second-order valence-electron chi connectivity index (χ2n) is 6.48. The Morgan fingerprint density at radius 2 is 1.83 bits per heavy atom. The van der Waals surface area contributed by atoms with Crippen molar-refractivity contribution in [3.05, 3.63) is 29.8 Å². The molecule has 2 aliphatic rings. The fourth-order valence-electron chi connectivity index (χ4n) is 3.57. The second-order valence-corrected chi connectivity index (χ2v) is 8.49. The zero-order chi connectivity index (χ0) is 15.9. The predicted molar refractivity (Wildman–Crippen MR) is 91.9 cm³/mol. The topological polar surface area (TPSA) is 66.5 Å². The van der Waals surface area contributed by atoms with Crippen molar-refractivity contribution in [3.63, 3.8) is 0 Å². The predicted octanol–water partition coefficient (Wildman–Crippen LogP) is 1.87. The normalized spacial score (nSPS) is 26.4. The van der Waals surface area contributed by atoms with Crippen LogP contribution in [0.3, 0.4) is 0 Å². The Morgan fingerprint density at radius 3 is 2.39 bits per heavy atom. The van der Waals surface area contributed by atoms with Crippen molar-refractivity contribution in [2.45, 2.75) is 48.7 Å². The molecule has 2 atom stereocenters. The third-order valence-corrected chi connectivity index (χ3v) is 5.94. The van der Waals surface area contributed by atoms with E-state index < -0.39 is 9.84 Å². The van der Waals surface area contributed by atoms with E-state index in [0.29, 0.717) is 17.6 Å². The highest BCUT2D eigenvalue weighted by molar-refractivity contribution is 7.90. The Bertz CT molecular complexity index is 680. The summed E-state index contributed by atoms with van der Waals surface area (Å²) in [6.45, 7) is 0. The Hall–Kier alpha value is -1.11. The Labute approximate surface area is 143 Å². The van der Waals surface area contributed by atoms with Crippen LogP contribution >= 0.6 is 12.4 Å². The average molecular weight is 359 g/mol. The smallest absolute Gasteiger partial charge is 0.253 e. The molecule has 1 aromatic rings. The van der Waals surface area contributed by atoms with Crippen LogP contribution in [0, 0.1) is 0 Å². The molecule has 0 spiro atoms. The fourth-order valence-corrected chi connectivity index (χ4v) is 4.24. The molecule has 2 unspecified atom stereocenters. The van der Waals surface area contributed by atoms with Gasteiger partial charge in [0.15, 0.2) is 9.84 Å². The molecular formula is C16H23ClN2O3S. The van der Waals surface area contributed by atoms with Crippen molar-refractivity contribution >= 4 is 28.2 Å². The first-order valence-corrected chi connectivity index (χ1v) is 9.57. The number of benzene rings is 1. The summed E-state index contributed by atoms with van der Waals surface area (Å²) in [5.41, 5.74) is 0.441. The van der Waals surface area contributed by atoms with Gasteiger partial charge < -0.3 is 10.2 Å². The van der Waals surface area contributed by atoms with E-state index in [2.05, 4.69) is 5.32 Å². The van der Waals surface area contributed by atoms with Crippen molar-refractivity contribution in [1.82, 2.24) is 10.2 Å². The maximum absolute atomic E-state index is 12.7. The van der Waals surface area contributed by atoms with Crippen molar-refractivity contribution in [3.8, 4) is 0 Å². The van der Waals surface area contributed by atoms with Crippen molar-refractivity contribution in [1.29, 1.82) is 0 Å². The number of sulfone groups is 1. The summed E-state index contributed by atoms with van der Waals surface area (Å²) in [7, 11) is -1.47. The number of rotatable bonds is 3. The lowest BCUT2D eigenvalue weighted by Crippen LogP contribution is -2.48. The maximum atomic E-state index is 12.7. The molecule has 128 valence electrons. The van der Waals surface area contributed by atoms with Crippen LogP contribution in [-0.4, -0.2) is 50.7 Å². The van der Waals surface area contributed by atoms with Gasteiger partial charge in [0.05, 0.1) is 4.90 Å². The molecule has 5 nitrogen and oxygen atoms in total. The molecule has 0 aromatic heterocycles. The van der Waals surface area contributed by atoms with Crippen LogP contribution in [0.15, 0.2) is 29.2 Å². The van der Waals surface area contributed by atoms with Gasteiger partial charge in [-0.05, 0) is 43.9 Å². The van der Waals surface area contributed by atoms with Gasteiger partial charge in [0, 0.05) is 37.0 Å². The van der Waals surface area contributed by atoms with Gasteiger partial charge in [0.25, 0.3) is 5.91 Å². The van der Waals surface area contributed by atoms with Crippen molar-refractivity contribution in [2.75, 3.05) is 13.3 Å². The van der Waals surface area contributed by atoms with Crippen LogP contribution in [-0.2, 0) is 9.84 Å². The van der Waals surface area contributed by atoms with E-state index in [1.54, 1.807) is 17.0 Å². The van der Waals surface area contributed by atoms with Gasteiger partial charge in [-0.3, -0.25) is 4.79 Å². The molecule has 2 aliphatic heterocycles. The molecule has 1 amide bonds. The molecule has 0 radical (unpaired) electrons. The SMILES string of the molecule is CN(C(=O)c1cccc(S(C)(=O)=O)c1)C1CC2CCC(C1)N2.Cl. The average Bonchev–Trinajstić information content (AvgIpc) is 2.83. The summed E-state index contributed by atoms with van der Waals surface area (Å²) in [5.74, 6) is -0.100. The van der Waals surface area contributed by atoms with Crippen LogP contribution in [0.4, 0.5) is 0 Å². The molecule has 3 rings (SSSR count). The lowest BCUT2D eigenvalue weighted by molar-refractivity contribution is 0.0681. The summed E-state index contributed by atoms with van der Waals surface area (Å²) in [6, 6.07) is 7.57. The van der Waals surface area contributed by atoms with Gasteiger partial charge in [-0.2, -0.15) is 0 Å². The largest absolute Gasteiger partial charge is 0.339 e. The summed E-state index contributed by atoms with van der Waals surface area (Å²) < 4.78 is 23.3. The van der Waals surface area contributed by atoms with E-state index in [9.17, 15) is 13.2 Å². The fraction of sp³-hybridized carbons (Fsp3) is 0.562. The van der Waals surface area contributed by atoms with Crippen LogP contribution in [0.1, 0.15) is 36.0 Å². The first kappa shape index (κ1) is 18.2. The minimum atomic E-state index is -3.30. The number of hydrogen-bond acceptors (Lipinski definition) is 4. The number of halogens is 1. The number of piperidine rings is 1. The summed E-state index contributed by atoms with van der Waals surface area (Å²) in [4.78, 5) is 14.6. The number of nitrogens with zero attached hydrogens (tertiary/aromatic N) is 1. The molecule has 23 heavy (non-hydrogen) atoms. The number of amides is 1. The maximum Gasteiger partial charge on any atom is 0.253 e. The molecule has 2 heterocycles. The summed E-state index contributed by atoms with van der Waals surface area (Å²) in [5, 5.41) is 3.57. The zero-order valence-corrected chi connectivity index (χ0v) is 15.0. The van der Waals surface area contributed by atoms with E-state index in [0.717, 1.165) is 19.1 Å². The highest BCUT2D eigenvalue weighted by atomic mass is 35.5. The molecule has 1 N–H and O–H groups in total. The van der Waals surface area contributed by atoms with E-state index in [4.69, 9.17) is 0 Å². The molecule has 0 saturated carbocycles. The van der Waals surface area contributed by atoms with E-state index in [1.165, 1.54) is 25.0 Å². The van der Waals surface area contributed by atoms with Crippen molar-refractivity contribution < 1.29 is 13.2 Å². The zero-order valence-electron chi connectivity index (χ0n) is 13.4. The Balaban J connectivity index is 0.00000192. The molecule has 2 fully saturated rings. The Morgan fingerprint density at radius 1 is 1.22 bits per heavy atom. The highest BCUT2D eigenvalue weighted by Crippen LogP contribution is 2.30. The van der Waals surface area contributed by atoms with Gasteiger partial charge in [0.2, 0.25) is 0 Å².